The Hall–Kier alpha value is -2.42. The molecule has 3 nitrogen and oxygen atoms in total. The maximum Gasteiger partial charge on any atom is 0.150 e. The summed E-state index contributed by atoms with van der Waals surface area (Å²) in [5.41, 5.74) is 9.99. The van der Waals surface area contributed by atoms with Gasteiger partial charge in [-0.2, -0.15) is 0 Å². The average molecular weight is 249 g/mol. The Morgan fingerprint density at radius 1 is 1.16 bits per heavy atom. The molecule has 2 aromatic heterocycles. The summed E-state index contributed by atoms with van der Waals surface area (Å²) in [6, 6.07) is 10.1. The van der Waals surface area contributed by atoms with E-state index in [1.54, 1.807) is 0 Å². The second-order valence-electron chi connectivity index (χ2n) is 4.90. The van der Waals surface area contributed by atoms with Gasteiger partial charge in [-0.25, -0.2) is 4.98 Å². The SMILES string of the molecule is CC(C)=Cc1cnc2c(N)nc3ccccc3c2c1. The van der Waals surface area contributed by atoms with Crippen molar-refractivity contribution >= 4 is 33.7 Å². The standard InChI is InChI=1S/C16H15N3/c1-10(2)7-11-8-13-12-5-3-4-6-14(12)19-16(17)15(13)18-9-11/h3-9H,1-2H3,(H2,17,19). The maximum absolute atomic E-state index is 5.98. The van der Waals surface area contributed by atoms with Crippen LogP contribution in [0, 0.1) is 0 Å². The molecule has 0 aliphatic rings. The fourth-order valence-electron chi connectivity index (χ4n) is 2.28. The normalized spacial score (nSPS) is 10.8. The summed E-state index contributed by atoms with van der Waals surface area (Å²) in [5, 5.41) is 2.14. The van der Waals surface area contributed by atoms with E-state index in [1.807, 2.05) is 24.4 Å². The average Bonchev–Trinajstić information content (AvgIpc) is 2.38. The number of nitrogens with two attached hydrogens (primary N) is 1. The Labute approximate surface area is 111 Å². The molecule has 0 saturated carbocycles. The summed E-state index contributed by atoms with van der Waals surface area (Å²) in [6.07, 6.45) is 3.94. The van der Waals surface area contributed by atoms with Crippen LogP contribution in [0.4, 0.5) is 5.82 Å². The van der Waals surface area contributed by atoms with Crippen LogP contribution in [0.5, 0.6) is 0 Å². The minimum atomic E-state index is 0.484. The summed E-state index contributed by atoms with van der Waals surface area (Å²) >= 11 is 0. The van der Waals surface area contributed by atoms with Crippen molar-refractivity contribution in [2.24, 2.45) is 0 Å². The number of para-hydroxylation sites is 1. The van der Waals surface area contributed by atoms with Gasteiger partial charge < -0.3 is 5.73 Å². The molecule has 0 unspecified atom stereocenters. The zero-order chi connectivity index (χ0) is 13.4. The van der Waals surface area contributed by atoms with Crippen LogP contribution in [0.1, 0.15) is 19.4 Å². The fraction of sp³-hybridized carbons (Fsp3) is 0.125. The van der Waals surface area contributed by atoms with Gasteiger partial charge in [-0.05, 0) is 31.5 Å². The topological polar surface area (TPSA) is 51.8 Å². The zero-order valence-electron chi connectivity index (χ0n) is 11.0. The van der Waals surface area contributed by atoms with Crippen molar-refractivity contribution in [3.05, 3.63) is 47.7 Å². The van der Waals surface area contributed by atoms with Gasteiger partial charge in [0.2, 0.25) is 0 Å². The molecule has 94 valence electrons. The number of benzene rings is 1. The lowest BCUT2D eigenvalue weighted by Gasteiger charge is -2.06. The molecule has 0 aliphatic carbocycles. The second kappa shape index (κ2) is 4.35. The molecule has 0 aliphatic heterocycles. The van der Waals surface area contributed by atoms with Crippen molar-refractivity contribution in [2.75, 3.05) is 5.73 Å². The van der Waals surface area contributed by atoms with E-state index >= 15 is 0 Å². The van der Waals surface area contributed by atoms with Gasteiger partial charge in [-0.1, -0.05) is 29.8 Å². The van der Waals surface area contributed by atoms with Gasteiger partial charge in [0.15, 0.2) is 5.82 Å². The van der Waals surface area contributed by atoms with E-state index in [1.165, 1.54) is 5.57 Å². The zero-order valence-corrected chi connectivity index (χ0v) is 11.0. The summed E-state index contributed by atoms with van der Waals surface area (Å²) in [6.45, 7) is 4.15. The Morgan fingerprint density at radius 2 is 1.95 bits per heavy atom. The first-order chi connectivity index (χ1) is 9.15. The third-order valence-corrected chi connectivity index (χ3v) is 3.04. The molecule has 19 heavy (non-hydrogen) atoms. The first-order valence-electron chi connectivity index (χ1n) is 6.24. The molecular formula is C16H15N3. The highest BCUT2D eigenvalue weighted by Gasteiger charge is 2.07. The highest BCUT2D eigenvalue weighted by Crippen LogP contribution is 2.27. The number of allylic oxidation sites excluding steroid dienone is 1. The lowest BCUT2D eigenvalue weighted by atomic mass is 10.1. The summed E-state index contributed by atoms with van der Waals surface area (Å²) in [7, 11) is 0. The molecule has 2 N–H and O–H groups in total. The smallest absolute Gasteiger partial charge is 0.150 e. The van der Waals surface area contributed by atoms with E-state index in [0.717, 1.165) is 27.4 Å². The molecule has 3 aromatic rings. The highest BCUT2D eigenvalue weighted by atomic mass is 14.9. The minimum Gasteiger partial charge on any atom is -0.382 e. The van der Waals surface area contributed by atoms with Crippen molar-refractivity contribution in [1.29, 1.82) is 0 Å². The first kappa shape index (κ1) is 11.7. The summed E-state index contributed by atoms with van der Waals surface area (Å²) in [4.78, 5) is 8.85. The molecular weight excluding hydrogens is 234 g/mol. The molecule has 0 amide bonds. The Bertz CT molecular complexity index is 800. The largest absolute Gasteiger partial charge is 0.382 e. The van der Waals surface area contributed by atoms with E-state index in [9.17, 15) is 0 Å². The number of nitrogens with zero attached hydrogens (tertiary/aromatic N) is 2. The monoisotopic (exact) mass is 249 g/mol. The number of anilines is 1. The number of hydrogen-bond donors (Lipinski definition) is 1. The molecule has 0 saturated heterocycles. The highest BCUT2D eigenvalue weighted by molar-refractivity contribution is 6.08. The van der Waals surface area contributed by atoms with E-state index in [0.29, 0.717) is 5.82 Å². The maximum atomic E-state index is 5.98. The predicted molar refractivity (Wildman–Crippen MR) is 80.8 cm³/mol. The quantitative estimate of drug-likeness (QED) is 0.667. The number of rotatable bonds is 1. The molecule has 0 spiro atoms. The van der Waals surface area contributed by atoms with E-state index in [2.05, 4.69) is 42.0 Å². The lowest BCUT2D eigenvalue weighted by molar-refractivity contribution is 1.34. The number of nitrogen functional groups attached to an aromatic ring is 1. The van der Waals surface area contributed by atoms with E-state index in [-0.39, 0.29) is 0 Å². The van der Waals surface area contributed by atoms with Crippen molar-refractivity contribution in [3.63, 3.8) is 0 Å². The van der Waals surface area contributed by atoms with E-state index in [4.69, 9.17) is 5.73 Å². The van der Waals surface area contributed by atoms with Gasteiger partial charge >= 0.3 is 0 Å². The molecule has 3 rings (SSSR count). The van der Waals surface area contributed by atoms with Crippen molar-refractivity contribution in [2.45, 2.75) is 13.8 Å². The van der Waals surface area contributed by atoms with Crippen molar-refractivity contribution in [3.8, 4) is 0 Å². The van der Waals surface area contributed by atoms with Crippen molar-refractivity contribution < 1.29 is 0 Å². The number of fused-ring (bicyclic) bond motifs is 3. The van der Waals surface area contributed by atoms with Crippen LogP contribution in [-0.4, -0.2) is 9.97 Å². The molecule has 3 heteroatoms. The summed E-state index contributed by atoms with van der Waals surface area (Å²) in [5.74, 6) is 0.484. The van der Waals surface area contributed by atoms with E-state index < -0.39 is 0 Å². The van der Waals surface area contributed by atoms with Crippen LogP contribution in [0.25, 0.3) is 27.9 Å². The third kappa shape index (κ3) is 2.03. The van der Waals surface area contributed by atoms with Crippen LogP contribution in [0.2, 0.25) is 0 Å². The van der Waals surface area contributed by atoms with Crippen LogP contribution < -0.4 is 5.73 Å². The second-order valence-corrected chi connectivity index (χ2v) is 4.90. The van der Waals surface area contributed by atoms with Crippen LogP contribution in [0.3, 0.4) is 0 Å². The third-order valence-electron chi connectivity index (χ3n) is 3.04. The van der Waals surface area contributed by atoms with Crippen LogP contribution in [0.15, 0.2) is 42.1 Å². The van der Waals surface area contributed by atoms with Gasteiger partial charge in [0.1, 0.15) is 5.52 Å². The Morgan fingerprint density at radius 3 is 2.74 bits per heavy atom. The van der Waals surface area contributed by atoms with Gasteiger partial charge in [0.05, 0.1) is 5.52 Å². The number of hydrogen-bond acceptors (Lipinski definition) is 3. The van der Waals surface area contributed by atoms with Gasteiger partial charge in [-0.3, -0.25) is 4.98 Å². The molecule has 0 radical (unpaired) electrons. The minimum absolute atomic E-state index is 0.484. The molecule has 0 bridgehead atoms. The Kier molecular flexibility index (Phi) is 2.67. The van der Waals surface area contributed by atoms with Crippen LogP contribution >= 0.6 is 0 Å². The Balaban J connectivity index is 2.42. The van der Waals surface area contributed by atoms with Gasteiger partial charge in [0.25, 0.3) is 0 Å². The van der Waals surface area contributed by atoms with Crippen LogP contribution in [-0.2, 0) is 0 Å². The first-order valence-corrected chi connectivity index (χ1v) is 6.24. The summed E-state index contributed by atoms with van der Waals surface area (Å²) < 4.78 is 0. The predicted octanol–water partition coefficient (Wildman–Crippen LogP) is 3.79. The molecule has 0 fully saturated rings. The molecule has 0 atom stereocenters. The number of pyridine rings is 2. The van der Waals surface area contributed by atoms with Gasteiger partial charge in [-0.15, -0.1) is 0 Å². The van der Waals surface area contributed by atoms with Gasteiger partial charge in [0, 0.05) is 17.0 Å². The molecule has 1 aromatic carbocycles. The number of aromatic nitrogens is 2. The fourth-order valence-corrected chi connectivity index (χ4v) is 2.28. The molecule has 2 heterocycles. The van der Waals surface area contributed by atoms with Crippen molar-refractivity contribution in [1.82, 2.24) is 9.97 Å². The lowest BCUT2D eigenvalue weighted by Crippen LogP contribution is -1.95.